The number of nitrogens with zero attached hydrogens (tertiary/aromatic N) is 3. The van der Waals surface area contributed by atoms with Crippen LogP contribution in [-0.4, -0.2) is 33.3 Å². The SMILES string of the molecule is Cc1ccc2nc(C)c(C(=O)N/N=C/c3ccc(CNC(=O)C(=O)Nc4ccc(Cl)c(Cl)c4)o3)n2c1. The maximum atomic E-state index is 12.6. The molecule has 0 radical (unpaired) electrons. The van der Waals surface area contributed by atoms with E-state index in [0.717, 1.165) is 5.56 Å². The molecule has 184 valence electrons. The Morgan fingerprint density at radius 1 is 1.06 bits per heavy atom. The van der Waals surface area contributed by atoms with Gasteiger partial charge in [-0.25, -0.2) is 10.4 Å². The molecule has 4 aromatic rings. The summed E-state index contributed by atoms with van der Waals surface area (Å²) in [5.74, 6) is -1.44. The summed E-state index contributed by atoms with van der Waals surface area (Å²) in [7, 11) is 0. The van der Waals surface area contributed by atoms with Crippen LogP contribution in [0.1, 0.15) is 33.3 Å². The first-order valence-corrected chi connectivity index (χ1v) is 11.4. The summed E-state index contributed by atoms with van der Waals surface area (Å²) in [5.41, 5.74) is 5.40. The largest absolute Gasteiger partial charge is 0.458 e. The topological polar surface area (TPSA) is 130 Å². The lowest BCUT2D eigenvalue weighted by atomic mass is 10.3. The fourth-order valence-corrected chi connectivity index (χ4v) is 3.62. The van der Waals surface area contributed by atoms with Gasteiger partial charge < -0.3 is 15.1 Å². The third-order valence-corrected chi connectivity index (χ3v) is 5.74. The molecule has 0 spiro atoms. The highest BCUT2D eigenvalue weighted by molar-refractivity contribution is 6.42. The number of fused-ring (bicyclic) bond motifs is 1. The lowest BCUT2D eigenvalue weighted by molar-refractivity contribution is -0.136. The highest BCUT2D eigenvalue weighted by Crippen LogP contribution is 2.25. The van der Waals surface area contributed by atoms with Gasteiger partial charge in [-0.3, -0.25) is 18.8 Å². The van der Waals surface area contributed by atoms with Gasteiger partial charge >= 0.3 is 11.8 Å². The van der Waals surface area contributed by atoms with E-state index in [1.165, 1.54) is 24.4 Å². The first-order chi connectivity index (χ1) is 17.2. The number of furan rings is 1. The van der Waals surface area contributed by atoms with Crippen LogP contribution in [0.25, 0.3) is 5.65 Å². The number of anilines is 1. The number of hydrazone groups is 1. The van der Waals surface area contributed by atoms with Crippen LogP contribution < -0.4 is 16.1 Å². The van der Waals surface area contributed by atoms with Crippen LogP contribution in [0.2, 0.25) is 10.0 Å². The molecule has 3 N–H and O–H groups in total. The van der Waals surface area contributed by atoms with E-state index in [-0.39, 0.29) is 11.6 Å². The zero-order chi connectivity index (χ0) is 25.8. The van der Waals surface area contributed by atoms with Gasteiger partial charge in [0.1, 0.15) is 22.9 Å². The Balaban J connectivity index is 1.30. The average Bonchev–Trinajstić information content (AvgIpc) is 3.42. The van der Waals surface area contributed by atoms with Gasteiger partial charge in [-0.15, -0.1) is 0 Å². The lowest BCUT2D eigenvalue weighted by Gasteiger charge is -2.06. The molecule has 3 heterocycles. The molecule has 0 fully saturated rings. The zero-order valence-corrected chi connectivity index (χ0v) is 20.6. The van der Waals surface area contributed by atoms with Gasteiger partial charge in [-0.2, -0.15) is 5.10 Å². The Morgan fingerprint density at radius 2 is 1.86 bits per heavy atom. The average molecular weight is 527 g/mol. The summed E-state index contributed by atoms with van der Waals surface area (Å²) in [6.45, 7) is 3.64. The minimum Gasteiger partial charge on any atom is -0.458 e. The van der Waals surface area contributed by atoms with E-state index < -0.39 is 17.7 Å². The van der Waals surface area contributed by atoms with E-state index in [4.69, 9.17) is 27.6 Å². The first-order valence-electron chi connectivity index (χ1n) is 10.6. The first kappa shape index (κ1) is 25.0. The Hall–Kier alpha value is -4.15. The molecule has 4 rings (SSSR count). The number of pyridine rings is 1. The Kier molecular flexibility index (Phi) is 7.37. The number of amides is 3. The smallest absolute Gasteiger partial charge is 0.313 e. The monoisotopic (exact) mass is 526 g/mol. The maximum absolute atomic E-state index is 12.6. The van der Waals surface area contributed by atoms with Crippen LogP contribution in [0.4, 0.5) is 5.69 Å². The third-order valence-electron chi connectivity index (χ3n) is 5.00. The Bertz CT molecular complexity index is 1510. The fraction of sp³-hybridized carbons (Fsp3) is 0.125. The highest BCUT2D eigenvalue weighted by atomic mass is 35.5. The number of carbonyl (C=O) groups excluding carboxylic acids is 3. The lowest BCUT2D eigenvalue weighted by Crippen LogP contribution is -2.34. The van der Waals surface area contributed by atoms with E-state index in [1.807, 2.05) is 25.3 Å². The molecule has 3 amide bonds. The van der Waals surface area contributed by atoms with Gasteiger partial charge in [-0.05, 0) is 55.8 Å². The van der Waals surface area contributed by atoms with Crippen molar-refractivity contribution in [2.45, 2.75) is 20.4 Å². The predicted molar refractivity (Wildman–Crippen MR) is 135 cm³/mol. The molecule has 0 aliphatic heterocycles. The number of rotatable bonds is 6. The number of hydrogen-bond acceptors (Lipinski definition) is 6. The summed E-state index contributed by atoms with van der Waals surface area (Å²) in [6, 6.07) is 11.4. The van der Waals surface area contributed by atoms with Crippen molar-refractivity contribution in [1.82, 2.24) is 20.1 Å². The number of imidazole rings is 1. The number of nitrogens with one attached hydrogen (secondary N) is 3. The van der Waals surface area contributed by atoms with Crippen LogP contribution in [0, 0.1) is 13.8 Å². The quantitative estimate of drug-likeness (QED) is 0.199. The van der Waals surface area contributed by atoms with E-state index in [1.54, 1.807) is 23.5 Å². The van der Waals surface area contributed by atoms with Gasteiger partial charge in [0.25, 0.3) is 5.91 Å². The highest BCUT2D eigenvalue weighted by Gasteiger charge is 2.17. The number of hydrogen-bond donors (Lipinski definition) is 3. The molecule has 10 nitrogen and oxygen atoms in total. The van der Waals surface area contributed by atoms with Crippen molar-refractivity contribution < 1.29 is 18.8 Å². The van der Waals surface area contributed by atoms with Gasteiger partial charge in [0, 0.05) is 11.9 Å². The molecule has 12 heteroatoms. The van der Waals surface area contributed by atoms with E-state index in [9.17, 15) is 14.4 Å². The summed E-state index contributed by atoms with van der Waals surface area (Å²) in [4.78, 5) is 41.2. The van der Waals surface area contributed by atoms with Crippen molar-refractivity contribution in [2.24, 2.45) is 5.10 Å². The van der Waals surface area contributed by atoms with Crippen molar-refractivity contribution >= 4 is 58.5 Å². The fourth-order valence-electron chi connectivity index (χ4n) is 3.32. The Morgan fingerprint density at radius 3 is 2.64 bits per heavy atom. The number of carbonyl (C=O) groups is 3. The molecule has 0 atom stereocenters. The van der Waals surface area contributed by atoms with Crippen molar-refractivity contribution in [3.8, 4) is 0 Å². The van der Waals surface area contributed by atoms with E-state index in [2.05, 4.69) is 26.1 Å². The van der Waals surface area contributed by atoms with Crippen LogP contribution in [0.3, 0.4) is 0 Å². The number of benzene rings is 1. The van der Waals surface area contributed by atoms with Crippen LogP contribution >= 0.6 is 23.2 Å². The molecule has 0 aliphatic carbocycles. The number of aryl methyl sites for hydroxylation is 2. The molecule has 0 unspecified atom stereocenters. The van der Waals surface area contributed by atoms with Crippen LogP contribution in [0.5, 0.6) is 0 Å². The molecule has 0 bridgehead atoms. The minimum absolute atomic E-state index is 0.0335. The van der Waals surface area contributed by atoms with Gasteiger partial charge in [0.2, 0.25) is 0 Å². The van der Waals surface area contributed by atoms with Gasteiger partial charge in [0.15, 0.2) is 0 Å². The second-order valence-corrected chi connectivity index (χ2v) is 8.56. The van der Waals surface area contributed by atoms with Gasteiger partial charge in [-0.1, -0.05) is 29.3 Å². The summed E-state index contributed by atoms with van der Waals surface area (Å²) < 4.78 is 7.26. The van der Waals surface area contributed by atoms with Crippen LogP contribution in [0.15, 0.2) is 58.2 Å². The second kappa shape index (κ2) is 10.6. The van der Waals surface area contributed by atoms with Gasteiger partial charge in [0.05, 0.1) is 28.5 Å². The maximum Gasteiger partial charge on any atom is 0.313 e. The molecule has 0 saturated carbocycles. The minimum atomic E-state index is -0.873. The van der Waals surface area contributed by atoms with Crippen molar-refractivity contribution in [1.29, 1.82) is 0 Å². The molecular formula is C24H20Cl2N6O4. The van der Waals surface area contributed by atoms with Crippen molar-refractivity contribution in [3.63, 3.8) is 0 Å². The number of halogens is 2. The molecular weight excluding hydrogens is 507 g/mol. The standard InChI is InChI=1S/C24H20Cl2N6O4/c1-13-3-8-20-29-14(2)21(32(20)12-13)22(33)31-28-11-17-6-5-16(36-17)10-27-23(34)24(35)30-15-4-7-18(25)19(26)9-15/h3-9,11-12H,10H2,1-2H3,(H,27,34)(H,30,35)(H,31,33)/b28-11+. The molecule has 3 aromatic heterocycles. The molecule has 0 aliphatic rings. The zero-order valence-electron chi connectivity index (χ0n) is 19.1. The molecule has 1 aromatic carbocycles. The predicted octanol–water partition coefficient (Wildman–Crippen LogP) is 3.87. The normalized spacial score (nSPS) is 11.1. The second-order valence-electron chi connectivity index (χ2n) is 7.75. The van der Waals surface area contributed by atoms with Crippen LogP contribution in [-0.2, 0) is 16.1 Å². The van der Waals surface area contributed by atoms with Crippen molar-refractivity contribution in [3.05, 3.63) is 87.2 Å². The van der Waals surface area contributed by atoms with E-state index >= 15 is 0 Å². The van der Waals surface area contributed by atoms with E-state index in [0.29, 0.717) is 39.3 Å². The summed E-state index contributed by atoms with van der Waals surface area (Å²) in [6.07, 6.45) is 3.15. The summed E-state index contributed by atoms with van der Waals surface area (Å²) in [5, 5.41) is 9.39. The molecule has 0 saturated heterocycles. The van der Waals surface area contributed by atoms with Crippen molar-refractivity contribution in [2.75, 3.05) is 5.32 Å². The number of aromatic nitrogens is 2. The molecule has 36 heavy (non-hydrogen) atoms. The third kappa shape index (κ3) is 5.73. The summed E-state index contributed by atoms with van der Waals surface area (Å²) >= 11 is 11.7. The Labute approximate surface area is 215 Å².